The number of halogens is 1. The molecule has 6 nitrogen and oxygen atoms in total. The SMILES string of the molecule is CCCCNC(=O)CN1CCN(C(=O)CNc2ccc(Br)cc2)CC1. The van der Waals surface area contributed by atoms with Crippen LogP contribution in [-0.2, 0) is 9.59 Å². The number of nitrogens with one attached hydrogen (secondary N) is 2. The van der Waals surface area contributed by atoms with Crippen molar-refractivity contribution in [3.63, 3.8) is 0 Å². The average molecular weight is 411 g/mol. The minimum atomic E-state index is 0.0742. The second-order valence-corrected chi connectivity index (χ2v) is 7.14. The Hall–Kier alpha value is -1.60. The van der Waals surface area contributed by atoms with Crippen molar-refractivity contribution in [2.75, 3.05) is 51.1 Å². The third-order valence-electron chi connectivity index (χ3n) is 4.23. The molecule has 7 heteroatoms. The van der Waals surface area contributed by atoms with E-state index >= 15 is 0 Å². The Kier molecular flexibility index (Phi) is 8.21. The highest BCUT2D eigenvalue weighted by molar-refractivity contribution is 9.10. The summed E-state index contributed by atoms with van der Waals surface area (Å²) in [4.78, 5) is 28.1. The number of amides is 2. The van der Waals surface area contributed by atoms with Gasteiger partial charge in [-0.2, -0.15) is 0 Å². The van der Waals surface area contributed by atoms with Gasteiger partial charge < -0.3 is 15.5 Å². The zero-order valence-corrected chi connectivity index (χ0v) is 16.3. The van der Waals surface area contributed by atoms with Crippen molar-refractivity contribution in [1.82, 2.24) is 15.1 Å². The molecule has 1 heterocycles. The van der Waals surface area contributed by atoms with Gasteiger partial charge in [0.15, 0.2) is 0 Å². The highest BCUT2D eigenvalue weighted by atomic mass is 79.9. The Labute approximate surface area is 158 Å². The van der Waals surface area contributed by atoms with Gasteiger partial charge in [0.25, 0.3) is 0 Å². The predicted octanol–water partition coefficient (Wildman–Crippen LogP) is 1.92. The summed E-state index contributed by atoms with van der Waals surface area (Å²) in [6.07, 6.45) is 2.09. The van der Waals surface area contributed by atoms with E-state index in [0.29, 0.717) is 26.2 Å². The number of anilines is 1. The Morgan fingerprint density at radius 1 is 1.12 bits per heavy atom. The number of carbonyl (C=O) groups excluding carboxylic acids is 2. The number of nitrogens with zero attached hydrogens (tertiary/aromatic N) is 2. The number of rotatable bonds is 8. The van der Waals surface area contributed by atoms with Crippen molar-refractivity contribution < 1.29 is 9.59 Å². The summed E-state index contributed by atoms with van der Waals surface area (Å²) in [5.41, 5.74) is 0.930. The molecule has 0 aromatic heterocycles. The monoisotopic (exact) mass is 410 g/mol. The van der Waals surface area contributed by atoms with E-state index in [2.05, 4.69) is 38.4 Å². The molecule has 0 atom stereocenters. The first-order valence-corrected chi connectivity index (χ1v) is 9.64. The Morgan fingerprint density at radius 3 is 2.44 bits per heavy atom. The normalized spacial score (nSPS) is 15.0. The van der Waals surface area contributed by atoms with Gasteiger partial charge in [0.1, 0.15) is 0 Å². The number of piperazine rings is 1. The van der Waals surface area contributed by atoms with Crippen LogP contribution in [0, 0.1) is 0 Å². The Morgan fingerprint density at radius 2 is 1.80 bits per heavy atom. The van der Waals surface area contributed by atoms with Crippen LogP contribution < -0.4 is 10.6 Å². The van der Waals surface area contributed by atoms with Crippen LogP contribution in [0.2, 0.25) is 0 Å². The van der Waals surface area contributed by atoms with Crippen molar-refractivity contribution in [2.45, 2.75) is 19.8 Å². The summed E-state index contributed by atoms with van der Waals surface area (Å²) in [7, 11) is 0. The lowest BCUT2D eigenvalue weighted by Crippen LogP contribution is -2.52. The van der Waals surface area contributed by atoms with E-state index in [0.717, 1.165) is 42.6 Å². The molecule has 0 saturated carbocycles. The average Bonchev–Trinajstić information content (AvgIpc) is 2.62. The van der Waals surface area contributed by atoms with Crippen LogP contribution in [0.4, 0.5) is 5.69 Å². The van der Waals surface area contributed by atoms with Gasteiger partial charge in [0.2, 0.25) is 11.8 Å². The summed E-state index contributed by atoms with van der Waals surface area (Å²) in [5.74, 6) is 0.167. The zero-order valence-electron chi connectivity index (χ0n) is 14.8. The number of unbranched alkanes of at least 4 members (excludes halogenated alkanes) is 1. The molecule has 2 N–H and O–H groups in total. The lowest BCUT2D eigenvalue weighted by atomic mass is 10.3. The van der Waals surface area contributed by atoms with Crippen molar-refractivity contribution >= 4 is 33.4 Å². The maximum atomic E-state index is 12.3. The standard InChI is InChI=1S/C18H27BrN4O2/c1-2-3-8-20-17(24)14-22-9-11-23(12-10-22)18(25)13-21-16-6-4-15(19)5-7-16/h4-7,21H,2-3,8-14H2,1H3,(H,20,24). The molecule has 25 heavy (non-hydrogen) atoms. The zero-order chi connectivity index (χ0) is 18.1. The van der Waals surface area contributed by atoms with Gasteiger partial charge in [0, 0.05) is 42.9 Å². The Balaban J connectivity index is 1.66. The maximum Gasteiger partial charge on any atom is 0.241 e. The van der Waals surface area contributed by atoms with Crippen LogP contribution in [0.15, 0.2) is 28.7 Å². The molecule has 1 aliphatic rings. The first-order valence-electron chi connectivity index (χ1n) is 8.84. The van der Waals surface area contributed by atoms with Gasteiger partial charge in [-0.1, -0.05) is 29.3 Å². The van der Waals surface area contributed by atoms with Crippen LogP contribution in [-0.4, -0.2) is 67.4 Å². The Bertz CT molecular complexity index is 557. The summed E-state index contributed by atoms with van der Waals surface area (Å²) < 4.78 is 1.01. The fourth-order valence-electron chi connectivity index (χ4n) is 2.68. The molecule has 1 saturated heterocycles. The van der Waals surface area contributed by atoms with Crippen molar-refractivity contribution in [3.8, 4) is 0 Å². The highest BCUT2D eigenvalue weighted by Gasteiger charge is 2.22. The lowest BCUT2D eigenvalue weighted by molar-refractivity contribution is -0.131. The van der Waals surface area contributed by atoms with Crippen molar-refractivity contribution in [3.05, 3.63) is 28.7 Å². The second kappa shape index (κ2) is 10.4. The number of benzene rings is 1. The first kappa shape index (κ1) is 19.7. The fraction of sp³-hybridized carbons (Fsp3) is 0.556. The van der Waals surface area contributed by atoms with Crippen LogP contribution in [0.5, 0.6) is 0 Å². The topological polar surface area (TPSA) is 64.7 Å². The number of hydrogen-bond donors (Lipinski definition) is 2. The molecule has 1 aliphatic heterocycles. The molecule has 0 aliphatic carbocycles. The third kappa shape index (κ3) is 7.04. The largest absolute Gasteiger partial charge is 0.376 e. The van der Waals surface area contributed by atoms with Crippen LogP contribution in [0.25, 0.3) is 0 Å². The van der Waals surface area contributed by atoms with Gasteiger partial charge in [-0.05, 0) is 30.7 Å². The van der Waals surface area contributed by atoms with Crippen LogP contribution >= 0.6 is 15.9 Å². The molecule has 0 spiro atoms. The van der Waals surface area contributed by atoms with E-state index < -0.39 is 0 Å². The van der Waals surface area contributed by atoms with Gasteiger partial charge >= 0.3 is 0 Å². The molecule has 2 amide bonds. The van der Waals surface area contributed by atoms with E-state index in [9.17, 15) is 9.59 Å². The minimum Gasteiger partial charge on any atom is -0.376 e. The predicted molar refractivity (Wildman–Crippen MR) is 104 cm³/mol. The first-order chi connectivity index (χ1) is 12.1. The van der Waals surface area contributed by atoms with Gasteiger partial charge in [-0.3, -0.25) is 14.5 Å². The summed E-state index contributed by atoms with van der Waals surface area (Å²) in [6, 6.07) is 7.76. The summed E-state index contributed by atoms with van der Waals surface area (Å²) in [6.45, 7) is 6.38. The quantitative estimate of drug-likeness (QED) is 0.642. The molecule has 0 unspecified atom stereocenters. The highest BCUT2D eigenvalue weighted by Crippen LogP contribution is 2.14. The molecule has 138 valence electrons. The molecule has 0 radical (unpaired) electrons. The van der Waals surface area contributed by atoms with Crippen LogP contribution in [0.1, 0.15) is 19.8 Å². The van der Waals surface area contributed by atoms with E-state index in [1.54, 1.807) is 0 Å². The van der Waals surface area contributed by atoms with E-state index in [-0.39, 0.29) is 11.8 Å². The van der Waals surface area contributed by atoms with E-state index in [1.165, 1.54) is 0 Å². The summed E-state index contributed by atoms with van der Waals surface area (Å²) in [5, 5.41) is 6.08. The van der Waals surface area contributed by atoms with E-state index in [1.807, 2.05) is 29.2 Å². The van der Waals surface area contributed by atoms with Gasteiger partial charge in [0.05, 0.1) is 13.1 Å². The molecular formula is C18H27BrN4O2. The molecule has 1 fully saturated rings. The van der Waals surface area contributed by atoms with Crippen molar-refractivity contribution in [2.24, 2.45) is 0 Å². The van der Waals surface area contributed by atoms with Crippen LogP contribution in [0.3, 0.4) is 0 Å². The maximum absolute atomic E-state index is 12.3. The lowest BCUT2D eigenvalue weighted by Gasteiger charge is -2.34. The number of hydrogen-bond acceptors (Lipinski definition) is 4. The number of carbonyl (C=O) groups is 2. The molecule has 0 bridgehead atoms. The van der Waals surface area contributed by atoms with Gasteiger partial charge in [-0.25, -0.2) is 0 Å². The fourth-order valence-corrected chi connectivity index (χ4v) is 2.94. The third-order valence-corrected chi connectivity index (χ3v) is 4.76. The molecule has 1 aromatic rings. The van der Waals surface area contributed by atoms with Gasteiger partial charge in [-0.15, -0.1) is 0 Å². The molecule has 1 aromatic carbocycles. The summed E-state index contributed by atoms with van der Waals surface area (Å²) >= 11 is 3.39. The molecule has 2 rings (SSSR count). The molecular weight excluding hydrogens is 384 g/mol. The minimum absolute atomic E-state index is 0.0742. The smallest absolute Gasteiger partial charge is 0.241 e. The van der Waals surface area contributed by atoms with Crippen molar-refractivity contribution in [1.29, 1.82) is 0 Å². The second-order valence-electron chi connectivity index (χ2n) is 6.22. The van der Waals surface area contributed by atoms with E-state index in [4.69, 9.17) is 0 Å².